The summed E-state index contributed by atoms with van der Waals surface area (Å²) in [6.07, 6.45) is 3.36. The molecule has 1 fully saturated rings. The van der Waals surface area contributed by atoms with Crippen LogP contribution in [0.15, 0.2) is 6.20 Å². The maximum atomic E-state index is 12.1. The summed E-state index contributed by atoms with van der Waals surface area (Å²) < 4.78 is 1.27. The van der Waals surface area contributed by atoms with Crippen molar-refractivity contribution in [1.82, 2.24) is 19.9 Å². The van der Waals surface area contributed by atoms with E-state index in [0.29, 0.717) is 6.04 Å². The minimum Gasteiger partial charge on any atom is -0.476 e. The maximum Gasteiger partial charge on any atom is 0.358 e. The molecule has 2 rings (SSSR count). The standard InChI is InChI=1S/C11H16N4O3/c1-7(2)15(8-3-4-8)10(16)6-14-5-9(11(17)18)12-13-14/h5,7-8H,3-4,6H2,1-2H3,(H,17,18). The summed E-state index contributed by atoms with van der Waals surface area (Å²) in [6, 6.07) is 0.479. The van der Waals surface area contributed by atoms with E-state index in [1.165, 1.54) is 10.9 Å². The first-order valence-corrected chi connectivity index (χ1v) is 5.93. The average Bonchev–Trinajstić information content (AvgIpc) is 2.96. The van der Waals surface area contributed by atoms with E-state index in [9.17, 15) is 9.59 Å². The fourth-order valence-corrected chi connectivity index (χ4v) is 1.96. The van der Waals surface area contributed by atoms with Gasteiger partial charge in [-0.25, -0.2) is 9.48 Å². The van der Waals surface area contributed by atoms with E-state index in [0.717, 1.165) is 12.8 Å². The summed E-state index contributed by atoms with van der Waals surface area (Å²) in [6.45, 7) is 3.98. The van der Waals surface area contributed by atoms with E-state index in [2.05, 4.69) is 10.3 Å². The Hall–Kier alpha value is -1.92. The lowest BCUT2D eigenvalue weighted by Crippen LogP contribution is -2.40. The summed E-state index contributed by atoms with van der Waals surface area (Å²) in [5.41, 5.74) is -0.148. The van der Waals surface area contributed by atoms with Gasteiger partial charge in [0.25, 0.3) is 0 Å². The molecule has 0 saturated heterocycles. The molecular formula is C11H16N4O3. The first-order valence-electron chi connectivity index (χ1n) is 5.93. The van der Waals surface area contributed by atoms with Gasteiger partial charge in [-0.2, -0.15) is 0 Å². The fourth-order valence-electron chi connectivity index (χ4n) is 1.96. The molecule has 18 heavy (non-hydrogen) atoms. The van der Waals surface area contributed by atoms with Gasteiger partial charge in [-0.1, -0.05) is 5.21 Å². The summed E-state index contributed by atoms with van der Waals surface area (Å²) in [4.78, 5) is 24.6. The zero-order chi connectivity index (χ0) is 13.3. The Kier molecular flexibility index (Phi) is 3.31. The smallest absolute Gasteiger partial charge is 0.358 e. The highest BCUT2D eigenvalue weighted by molar-refractivity contribution is 5.84. The van der Waals surface area contributed by atoms with Crippen LogP contribution in [-0.2, 0) is 11.3 Å². The number of aromatic nitrogens is 3. The van der Waals surface area contributed by atoms with E-state index in [4.69, 9.17) is 5.11 Å². The van der Waals surface area contributed by atoms with Crippen molar-refractivity contribution in [3.05, 3.63) is 11.9 Å². The van der Waals surface area contributed by atoms with Crippen LogP contribution in [0.1, 0.15) is 37.2 Å². The molecule has 1 aliphatic carbocycles. The van der Waals surface area contributed by atoms with Gasteiger partial charge in [0.05, 0.1) is 6.20 Å². The molecule has 0 unspecified atom stereocenters. The third-order valence-corrected chi connectivity index (χ3v) is 2.84. The molecule has 1 heterocycles. The molecule has 98 valence electrons. The lowest BCUT2D eigenvalue weighted by molar-refractivity contribution is -0.134. The van der Waals surface area contributed by atoms with Crippen molar-refractivity contribution in [2.24, 2.45) is 0 Å². The van der Waals surface area contributed by atoms with Crippen LogP contribution < -0.4 is 0 Å². The molecule has 1 aromatic heterocycles. The van der Waals surface area contributed by atoms with Crippen molar-refractivity contribution in [2.75, 3.05) is 0 Å². The lowest BCUT2D eigenvalue weighted by Gasteiger charge is -2.26. The summed E-state index contributed by atoms with van der Waals surface area (Å²) in [5, 5.41) is 15.8. The van der Waals surface area contributed by atoms with Gasteiger partial charge in [0.1, 0.15) is 6.54 Å². The number of hydrogen-bond donors (Lipinski definition) is 1. The summed E-state index contributed by atoms with van der Waals surface area (Å²) in [7, 11) is 0. The largest absolute Gasteiger partial charge is 0.476 e. The van der Waals surface area contributed by atoms with Gasteiger partial charge >= 0.3 is 5.97 Å². The normalized spacial score (nSPS) is 14.8. The first kappa shape index (κ1) is 12.5. The van der Waals surface area contributed by atoms with Crippen LogP contribution in [-0.4, -0.2) is 49.0 Å². The molecule has 1 N–H and O–H groups in total. The highest BCUT2D eigenvalue weighted by Gasteiger charge is 2.34. The van der Waals surface area contributed by atoms with Gasteiger partial charge in [0, 0.05) is 12.1 Å². The van der Waals surface area contributed by atoms with Crippen LogP contribution in [0.2, 0.25) is 0 Å². The molecule has 0 aliphatic heterocycles. The Morgan fingerprint density at radius 3 is 2.67 bits per heavy atom. The number of amides is 1. The van der Waals surface area contributed by atoms with E-state index in [-0.39, 0.29) is 24.2 Å². The minimum absolute atomic E-state index is 0.0367. The number of hydrogen-bond acceptors (Lipinski definition) is 4. The topological polar surface area (TPSA) is 88.3 Å². The molecular weight excluding hydrogens is 236 g/mol. The van der Waals surface area contributed by atoms with Crippen LogP contribution in [0.3, 0.4) is 0 Å². The Morgan fingerprint density at radius 2 is 2.22 bits per heavy atom. The predicted octanol–water partition coefficient (Wildman–Crippen LogP) is 0.376. The minimum atomic E-state index is -1.14. The summed E-state index contributed by atoms with van der Waals surface area (Å²) >= 11 is 0. The van der Waals surface area contributed by atoms with E-state index >= 15 is 0 Å². The van der Waals surface area contributed by atoms with Gasteiger partial charge in [0.2, 0.25) is 5.91 Å². The number of nitrogens with zero attached hydrogens (tertiary/aromatic N) is 4. The molecule has 0 spiro atoms. The number of carbonyl (C=O) groups is 2. The molecule has 1 amide bonds. The summed E-state index contributed by atoms with van der Waals surface area (Å²) in [5.74, 6) is -1.19. The first-order chi connectivity index (χ1) is 8.49. The SMILES string of the molecule is CC(C)N(C(=O)Cn1cc(C(=O)O)nn1)C1CC1. The second-order valence-electron chi connectivity index (χ2n) is 4.73. The van der Waals surface area contributed by atoms with Gasteiger partial charge in [-0.05, 0) is 26.7 Å². The molecule has 7 nitrogen and oxygen atoms in total. The molecule has 1 aromatic rings. The van der Waals surface area contributed by atoms with Gasteiger partial charge in [-0.15, -0.1) is 5.10 Å². The Labute approximate surface area is 104 Å². The van der Waals surface area contributed by atoms with Crippen molar-refractivity contribution in [3.8, 4) is 0 Å². The highest BCUT2D eigenvalue weighted by Crippen LogP contribution is 2.28. The second-order valence-corrected chi connectivity index (χ2v) is 4.73. The van der Waals surface area contributed by atoms with Crippen LogP contribution in [0.4, 0.5) is 0 Å². The van der Waals surface area contributed by atoms with Crippen molar-refractivity contribution >= 4 is 11.9 Å². The zero-order valence-electron chi connectivity index (χ0n) is 10.4. The monoisotopic (exact) mass is 252 g/mol. The van der Waals surface area contributed by atoms with Crippen molar-refractivity contribution in [2.45, 2.75) is 45.3 Å². The number of rotatable bonds is 5. The molecule has 0 atom stereocenters. The number of carbonyl (C=O) groups excluding carboxylic acids is 1. The van der Waals surface area contributed by atoms with Gasteiger partial charge in [-0.3, -0.25) is 4.79 Å². The zero-order valence-corrected chi connectivity index (χ0v) is 10.4. The van der Waals surface area contributed by atoms with Crippen molar-refractivity contribution in [3.63, 3.8) is 0 Å². The maximum absolute atomic E-state index is 12.1. The Morgan fingerprint density at radius 1 is 1.56 bits per heavy atom. The molecule has 0 bridgehead atoms. The van der Waals surface area contributed by atoms with E-state index < -0.39 is 5.97 Å². The predicted molar refractivity (Wildman–Crippen MR) is 62.0 cm³/mol. The Balaban J connectivity index is 2.03. The Bertz CT molecular complexity index is 463. The number of carboxylic acid groups (broad SMARTS) is 1. The average molecular weight is 252 g/mol. The number of carboxylic acids is 1. The molecule has 7 heteroatoms. The molecule has 1 aliphatic rings. The molecule has 0 radical (unpaired) electrons. The van der Waals surface area contributed by atoms with E-state index in [1.54, 1.807) is 0 Å². The highest BCUT2D eigenvalue weighted by atomic mass is 16.4. The van der Waals surface area contributed by atoms with Gasteiger partial charge < -0.3 is 10.0 Å². The van der Waals surface area contributed by atoms with E-state index in [1.807, 2.05) is 18.7 Å². The van der Waals surface area contributed by atoms with Crippen LogP contribution in [0, 0.1) is 0 Å². The number of aromatic carboxylic acids is 1. The second kappa shape index (κ2) is 4.75. The van der Waals surface area contributed by atoms with Crippen LogP contribution >= 0.6 is 0 Å². The van der Waals surface area contributed by atoms with Crippen LogP contribution in [0.25, 0.3) is 0 Å². The van der Waals surface area contributed by atoms with Gasteiger partial charge in [0.15, 0.2) is 5.69 Å². The molecule has 1 saturated carbocycles. The third kappa shape index (κ3) is 2.66. The van der Waals surface area contributed by atoms with Crippen LogP contribution in [0.5, 0.6) is 0 Å². The third-order valence-electron chi connectivity index (χ3n) is 2.84. The molecule has 0 aromatic carbocycles. The van der Waals surface area contributed by atoms with Crippen molar-refractivity contribution in [1.29, 1.82) is 0 Å². The fraction of sp³-hybridized carbons (Fsp3) is 0.636. The quantitative estimate of drug-likeness (QED) is 0.818. The lowest BCUT2D eigenvalue weighted by atomic mass is 10.3. The van der Waals surface area contributed by atoms with Crippen molar-refractivity contribution < 1.29 is 14.7 Å².